The number of amides is 1. The number of carbonyl (C=O) groups excluding carboxylic acids is 2. The number of aliphatic hydroxyl groups excluding tert-OH is 2. The average molecular weight is 882 g/mol. The third-order valence-corrected chi connectivity index (χ3v) is 12.2. The van der Waals surface area contributed by atoms with E-state index in [1.165, 1.54) is 135 Å². The third-order valence-electron chi connectivity index (χ3n) is 12.2. The van der Waals surface area contributed by atoms with Crippen LogP contribution in [0.1, 0.15) is 265 Å². The van der Waals surface area contributed by atoms with E-state index in [9.17, 15) is 19.8 Å². The molecule has 0 aromatic rings. The Kier molecular flexibility index (Phi) is 48.6. The molecule has 0 radical (unpaired) electrons. The first-order valence-electron chi connectivity index (χ1n) is 27.1. The molecule has 0 aliphatic heterocycles. The second-order valence-electron chi connectivity index (χ2n) is 18.4. The lowest BCUT2D eigenvalue weighted by Crippen LogP contribution is -2.46. The molecular formula is C57H103NO5. The lowest BCUT2D eigenvalue weighted by atomic mass is 10.0. The van der Waals surface area contributed by atoms with Gasteiger partial charge < -0.3 is 20.3 Å². The van der Waals surface area contributed by atoms with Crippen molar-refractivity contribution < 1.29 is 24.5 Å². The van der Waals surface area contributed by atoms with Crippen molar-refractivity contribution in [3.63, 3.8) is 0 Å². The van der Waals surface area contributed by atoms with Crippen LogP contribution in [-0.2, 0) is 14.3 Å². The van der Waals surface area contributed by atoms with Gasteiger partial charge in [-0.2, -0.15) is 0 Å². The summed E-state index contributed by atoms with van der Waals surface area (Å²) in [4.78, 5) is 26.1. The molecule has 3 atom stereocenters. The molecule has 366 valence electrons. The van der Waals surface area contributed by atoms with E-state index in [2.05, 4.69) is 86.8 Å². The van der Waals surface area contributed by atoms with Gasteiger partial charge in [-0.3, -0.25) is 9.59 Å². The highest BCUT2D eigenvalue weighted by Gasteiger charge is 2.24. The average Bonchev–Trinajstić information content (AvgIpc) is 3.28. The zero-order chi connectivity index (χ0) is 45.9. The normalized spacial score (nSPS) is 13.7. The van der Waals surface area contributed by atoms with Gasteiger partial charge in [-0.15, -0.1) is 0 Å². The van der Waals surface area contributed by atoms with Crippen molar-refractivity contribution in [1.82, 2.24) is 5.32 Å². The smallest absolute Gasteiger partial charge is 0.306 e. The van der Waals surface area contributed by atoms with E-state index in [1.807, 2.05) is 0 Å². The van der Waals surface area contributed by atoms with Crippen LogP contribution in [0.15, 0.2) is 60.8 Å². The van der Waals surface area contributed by atoms with Crippen LogP contribution in [0.3, 0.4) is 0 Å². The molecule has 0 spiro atoms. The first-order chi connectivity index (χ1) is 31.0. The Morgan fingerprint density at radius 2 is 0.841 bits per heavy atom. The molecule has 0 heterocycles. The van der Waals surface area contributed by atoms with Gasteiger partial charge in [0, 0.05) is 6.42 Å². The Hall–Kier alpha value is -2.44. The Labute approximate surface area is 390 Å². The first-order valence-corrected chi connectivity index (χ1v) is 27.1. The number of hydrogen-bond donors (Lipinski definition) is 3. The van der Waals surface area contributed by atoms with Gasteiger partial charge in [0.1, 0.15) is 6.10 Å². The summed E-state index contributed by atoms with van der Waals surface area (Å²) in [5.74, 6) is -0.526. The maximum Gasteiger partial charge on any atom is 0.306 e. The molecule has 63 heavy (non-hydrogen) atoms. The Balaban J connectivity index is 4.57. The van der Waals surface area contributed by atoms with Gasteiger partial charge in [0.05, 0.1) is 25.2 Å². The SMILES string of the molecule is CCCCC/C=C/C=C/C=C/C=C/CCCCCCCC(=O)OC(CCC/C=C\CCCCCCCC)CC(=O)NC(CO)C(O)CCCCCCCCCCCCCCCCC. The van der Waals surface area contributed by atoms with E-state index in [1.54, 1.807) is 0 Å². The fourth-order valence-electron chi connectivity index (χ4n) is 8.03. The Morgan fingerprint density at radius 3 is 1.33 bits per heavy atom. The molecule has 0 fully saturated rings. The predicted molar refractivity (Wildman–Crippen MR) is 273 cm³/mol. The monoisotopic (exact) mass is 882 g/mol. The van der Waals surface area contributed by atoms with Crippen LogP contribution < -0.4 is 5.32 Å². The second-order valence-corrected chi connectivity index (χ2v) is 18.4. The van der Waals surface area contributed by atoms with Crippen LogP contribution in [0.25, 0.3) is 0 Å². The predicted octanol–water partition coefficient (Wildman–Crippen LogP) is 16.4. The quantitative estimate of drug-likeness (QED) is 0.0245. The minimum absolute atomic E-state index is 0.0462. The van der Waals surface area contributed by atoms with Crippen molar-refractivity contribution in [2.75, 3.05) is 6.61 Å². The molecule has 1 amide bonds. The molecule has 0 aliphatic carbocycles. The number of esters is 1. The lowest BCUT2D eigenvalue weighted by Gasteiger charge is -2.24. The number of allylic oxidation sites excluding steroid dienone is 10. The van der Waals surface area contributed by atoms with E-state index in [0.717, 1.165) is 83.5 Å². The third kappa shape index (κ3) is 45.9. The summed E-state index contributed by atoms with van der Waals surface area (Å²) in [5.41, 5.74) is 0. The number of ether oxygens (including phenoxy) is 1. The molecular weight excluding hydrogens is 779 g/mol. The van der Waals surface area contributed by atoms with Crippen LogP contribution in [-0.4, -0.2) is 46.9 Å². The molecule has 0 saturated carbocycles. The van der Waals surface area contributed by atoms with Crippen molar-refractivity contribution in [3.8, 4) is 0 Å². The number of nitrogens with one attached hydrogen (secondary N) is 1. The molecule has 6 nitrogen and oxygen atoms in total. The fraction of sp³-hybridized carbons (Fsp3) is 0.789. The lowest BCUT2D eigenvalue weighted by molar-refractivity contribution is -0.151. The number of unbranched alkanes of at least 4 members (excludes halogenated alkanes) is 29. The minimum Gasteiger partial charge on any atom is -0.462 e. The van der Waals surface area contributed by atoms with Crippen LogP contribution in [0.4, 0.5) is 0 Å². The highest BCUT2D eigenvalue weighted by atomic mass is 16.5. The van der Waals surface area contributed by atoms with Crippen molar-refractivity contribution in [2.24, 2.45) is 0 Å². The molecule has 0 aromatic carbocycles. The maximum absolute atomic E-state index is 13.2. The molecule has 0 aromatic heterocycles. The topological polar surface area (TPSA) is 95.9 Å². The van der Waals surface area contributed by atoms with Crippen molar-refractivity contribution >= 4 is 11.9 Å². The fourth-order valence-corrected chi connectivity index (χ4v) is 8.03. The zero-order valence-corrected chi connectivity index (χ0v) is 41.7. The number of hydrogen-bond acceptors (Lipinski definition) is 5. The van der Waals surface area contributed by atoms with Gasteiger partial charge in [0.25, 0.3) is 0 Å². The summed E-state index contributed by atoms with van der Waals surface area (Å²) >= 11 is 0. The van der Waals surface area contributed by atoms with Gasteiger partial charge in [-0.25, -0.2) is 0 Å². The standard InChI is InChI=1S/C57H103NO5/c1-4-7-10-13-16-19-22-24-26-27-28-30-32-35-38-41-44-47-50-57(62)63-53(48-45-42-39-36-33-21-18-15-12-9-6-3)51-56(61)58-54(52-59)55(60)49-46-43-40-37-34-31-29-25-23-20-17-14-11-8-5-2/h16,19,22,24,26-28,30,36,39,53-55,59-60H,4-15,17-18,20-21,23,25,29,31-35,37-38,40-52H2,1-3H3,(H,58,61)/b19-16+,24-22+,27-26+,30-28+,39-36-. The molecule has 0 aliphatic rings. The van der Waals surface area contributed by atoms with E-state index in [4.69, 9.17) is 4.74 Å². The summed E-state index contributed by atoms with van der Waals surface area (Å²) in [5, 5.41) is 23.8. The van der Waals surface area contributed by atoms with Gasteiger partial charge in [-0.1, -0.05) is 242 Å². The van der Waals surface area contributed by atoms with Gasteiger partial charge in [0.2, 0.25) is 5.91 Å². The number of carbonyl (C=O) groups is 2. The summed E-state index contributed by atoms with van der Waals surface area (Å²) in [6.45, 7) is 6.43. The van der Waals surface area contributed by atoms with Gasteiger partial charge in [0.15, 0.2) is 0 Å². The highest BCUT2D eigenvalue weighted by molar-refractivity contribution is 5.77. The van der Waals surface area contributed by atoms with Gasteiger partial charge >= 0.3 is 5.97 Å². The van der Waals surface area contributed by atoms with Crippen molar-refractivity contribution in [3.05, 3.63) is 60.8 Å². The largest absolute Gasteiger partial charge is 0.462 e. The number of rotatable bonds is 48. The molecule has 6 heteroatoms. The van der Waals surface area contributed by atoms with Crippen LogP contribution in [0.2, 0.25) is 0 Å². The van der Waals surface area contributed by atoms with Crippen LogP contribution in [0, 0.1) is 0 Å². The number of aliphatic hydroxyl groups is 2. The van der Waals surface area contributed by atoms with Crippen LogP contribution >= 0.6 is 0 Å². The highest BCUT2D eigenvalue weighted by Crippen LogP contribution is 2.17. The molecule has 3 N–H and O–H groups in total. The van der Waals surface area contributed by atoms with Gasteiger partial charge in [-0.05, 0) is 70.6 Å². The maximum atomic E-state index is 13.2. The van der Waals surface area contributed by atoms with Crippen LogP contribution in [0.5, 0.6) is 0 Å². The van der Waals surface area contributed by atoms with E-state index in [0.29, 0.717) is 19.3 Å². The molecule has 0 saturated heterocycles. The summed E-state index contributed by atoms with van der Waals surface area (Å²) in [6.07, 6.45) is 62.8. The van der Waals surface area contributed by atoms with Crippen molar-refractivity contribution in [1.29, 1.82) is 0 Å². The zero-order valence-electron chi connectivity index (χ0n) is 41.7. The Bertz CT molecular complexity index is 1130. The van der Waals surface area contributed by atoms with E-state index >= 15 is 0 Å². The second kappa shape index (κ2) is 50.6. The summed E-state index contributed by atoms with van der Waals surface area (Å²) < 4.78 is 5.91. The Morgan fingerprint density at radius 1 is 0.460 bits per heavy atom. The summed E-state index contributed by atoms with van der Waals surface area (Å²) in [7, 11) is 0. The molecule has 3 unspecified atom stereocenters. The minimum atomic E-state index is -0.800. The first kappa shape index (κ1) is 60.6. The van der Waals surface area contributed by atoms with Crippen molar-refractivity contribution in [2.45, 2.75) is 283 Å². The van der Waals surface area contributed by atoms with E-state index < -0.39 is 18.2 Å². The molecule has 0 rings (SSSR count). The van der Waals surface area contributed by atoms with E-state index in [-0.39, 0.29) is 24.9 Å². The molecule has 0 bridgehead atoms. The summed E-state index contributed by atoms with van der Waals surface area (Å²) in [6, 6.07) is -0.716.